The second-order valence-corrected chi connectivity index (χ2v) is 5.79. The summed E-state index contributed by atoms with van der Waals surface area (Å²) in [7, 11) is 1.34. The van der Waals surface area contributed by atoms with E-state index in [0.717, 1.165) is 12.8 Å². The summed E-state index contributed by atoms with van der Waals surface area (Å²) in [5.74, 6) is -0.501. The van der Waals surface area contributed by atoms with Crippen LogP contribution in [0.4, 0.5) is 0 Å². The highest BCUT2D eigenvalue weighted by Gasteiger charge is 2.23. The summed E-state index contributed by atoms with van der Waals surface area (Å²) in [4.78, 5) is 25.7. The number of carbonyl (C=O) groups is 2. The van der Waals surface area contributed by atoms with Crippen LogP contribution in [0, 0.1) is 0 Å². The largest absolute Gasteiger partial charge is 0.468 e. The Labute approximate surface area is 126 Å². The Morgan fingerprint density at radius 3 is 2.48 bits per heavy atom. The van der Waals surface area contributed by atoms with Gasteiger partial charge in [-0.1, -0.05) is 6.07 Å². The minimum atomic E-state index is -0.394. The first-order valence-electron chi connectivity index (χ1n) is 7.52. The lowest BCUT2D eigenvalue weighted by Crippen LogP contribution is -2.41. The number of ether oxygens (including phenoxy) is 1. The second-order valence-electron chi connectivity index (χ2n) is 5.79. The van der Waals surface area contributed by atoms with E-state index in [9.17, 15) is 9.59 Å². The number of hydrogen-bond acceptors (Lipinski definition) is 3. The average Bonchev–Trinajstić information content (AvgIpc) is 2.50. The number of carbonyl (C=O) groups excluding carboxylic acids is 2. The van der Waals surface area contributed by atoms with Gasteiger partial charge < -0.3 is 9.64 Å². The molecule has 0 aromatic heterocycles. The van der Waals surface area contributed by atoms with Crippen LogP contribution in [0.1, 0.15) is 48.2 Å². The third kappa shape index (κ3) is 3.63. The van der Waals surface area contributed by atoms with Crippen molar-refractivity contribution in [1.82, 2.24) is 4.90 Å². The van der Waals surface area contributed by atoms with Gasteiger partial charge in [0.25, 0.3) is 5.91 Å². The van der Waals surface area contributed by atoms with Crippen molar-refractivity contribution in [3.05, 3.63) is 34.9 Å². The van der Waals surface area contributed by atoms with Crippen molar-refractivity contribution in [2.24, 2.45) is 0 Å². The minimum Gasteiger partial charge on any atom is -0.468 e. The van der Waals surface area contributed by atoms with Crippen LogP contribution in [0.15, 0.2) is 18.2 Å². The van der Waals surface area contributed by atoms with Crippen LogP contribution in [-0.4, -0.2) is 36.5 Å². The minimum absolute atomic E-state index is 0.00984. The molecule has 1 aromatic carbocycles. The number of nitrogens with zero attached hydrogens (tertiary/aromatic N) is 1. The van der Waals surface area contributed by atoms with Crippen molar-refractivity contribution >= 4 is 11.9 Å². The monoisotopic (exact) mass is 289 g/mol. The quantitative estimate of drug-likeness (QED) is 0.800. The molecule has 4 heteroatoms. The fourth-order valence-corrected chi connectivity index (χ4v) is 2.72. The summed E-state index contributed by atoms with van der Waals surface area (Å²) in [5, 5.41) is 0. The van der Waals surface area contributed by atoms with E-state index in [1.807, 2.05) is 26.0 Å². The Hall–Kier alpha value is -1.84. The van der Waals surface area contributed by atoms with E-state index in [4.69, 9.17) is 0 Å². The van der Waals surface area contributed by atoms with Gasteiger partial charge in [0.15, 0.2) is 0 Å². The lowest BCUT2D eigenvalue weighted by molar-refractivity contribution is -0.141. The highest BCUT2D eigenvalue weighted by Crippen LogP contribution is 2.23. The number of rotatable bonds is 4. The molecule has 0 aliphatic heterocycles. The molecule has 0 unspecified atom stereocenters. The Bertz CT molecular complexity index is 537. The van der Waals surface area contributed by atoms with Crippen LogP contribution in [0.2, 0.25) is 0 Å². The molecule has 114 valence electrons. The van der Waals surface area contributed by atoms with E-state index in [2.05, 4.69) is 10.8 Å². The van der Waals surface area contributed by atoms with Gasteiger partial charge >= 0.3 is 5.97 Å². The molecule has 2 rings (SSSR count). The zero-order valence-electron chi connectivity index (χ0n) is 13.0. The molecule has 0 saturated heterocycles. The molecule has 4 nitrogen and oxygen atoms in total. The summed E-state index contributed by atoms with van der Waals surface area (Å²) in [6, 6.07) is 5.87. The van der Waals surface area contributed by atoms with E-state index in [0.29, 0.717) is 5.56 Å². The van der Waals surface area contributed by atoms with Crippen LogP contribution < -0.4 is 0 Å². The molecule has 0 N–H and O–H groups in total. The summed E-state index contributed by atoms with van der Waals surface area (Å²) in [5.41, 5.74) is 3.28. The number of methoxy groups -OCH3 is 1. The maximum Gasteiger partial charge on any atom is 0.325 e. The number of esters is 1. The van der Waals surface area contributed by atoms with Crippen LogP contribution in [0.3, 0.4) is 0 Å². The van der Waals surface area contributed by atoms with E-state index in [1.54, 1.807) is 4.90 Å². The van der Waals surface area contributed by atoms with Crippen LogP contribution >= 0.6 is 0 Å². The van der Waals surface area contributed by atoms with Crippen LogP contribution in [0.5, 0.6) is 0 Å². The fourth-order valence-electron chi connectivity index (χ4n) is 2.72. The molecule has 1 aromatic rings. The van der Waals surface area contributed by atoms with E-state index in [1.165, 1.54) is 31.1 Å². The average molecular weight is 289 g/mol. The first-order valence-corrected chi connectivity index (χ1v) is 7.52. The van der Waals surface area contributed by atoms with Crippen molar-refractivity contribution in [1.29, 1.82) is 0 Å². The van der Waals surface area contributed by atoms with Crippen molar-refractivity contribution < 1.29 is 14.3 Å². The van der Waals surface area contributed by atoms with Gasteiger partial charge in [-0.05, 0) is 62.8 Å². The maximum atomic E-state index is 12.6. The molecule has 21 heavy (non-hydrogen) atoms. The molecular formula is C17H23NO3. The van der Waals surface area contributed by atoms with Crippen molar-refractivity contribution in [2.45, 2.75) is 45.6 Å². The highest BCUT2D eigenvalue weighted by atomic mass is 16.5. The molecule has 1 aliphatic rings. The SMILES string of the molecule is COC(=O)CN(C(=O)c1ccc2c(c1)CCCC2)C(C)C. The van der Waals surface area contributed by atoms with Crippen molar-refractivity contribution in [3.63, 3.8) is 0 Å². The van der Waals surface area contributed by atoms with E-state index >= 15 is 0 Å². The zero-order valence-corrected chi connectivity index (χ0v) is 13.0. The Morgan fingerprint density at radius 2 is 1.86 bits per heavy atom. The standard InChI is InChI=1S/C17H23NO3/c1-12(2)18(11-16(19)21-3)17(20)15-9-8-13-6-4-5-7-14(13)10-15/h8-10,12H,4-7,11H2,1-3H3. The summed E-state index contributed by atoms with van der Waals surface area (Å²) in [6.45, 7) is 3.79. The molecule has 0 radical (unpaired) electrons. The molecule has 0 fully saturated rings. The lowest BCUT2D eigenvalue weighted by Gasteiger charge is -2.26. The van der Waals surface area contributed by atoms with Crippen molar-refractivity contribution in [3.8, 4) is 0 Å². The maximum absolute atomic E-state index is 12.6. The highest BCUT2D eigenvalue weighted by molar-refractivity contribution is 5.96. The zero-order chi connectivity index (χ0) is 15.4. The molecular weight excluding hydrogens is 266 g/mol. The van der Waals surface area contributed by atoms with E-state index < -0.39 is 5.97 Å². The molecule has 0 bridgehead atoms. The first kappa shape index (κ1) is 15.5. The van der Waals surface area contributed by atoms with Crippen LogP contribution in [0.25, 0.3) is 0 Å². The van der Waals surface area contributed by atoms with Gasteiger partial charge in [0.05, 0.1) is 7.11 Å². The second kappa shape index (κ2) is 6.74. The number of benzene rings is 1. The van der Waals surface area contributed by atoms with E-state index in [-0.39, 0.29) is 18.5 Å². The summed E-state index contributed by atoms with van der Waals surface area (Å²) < 4.78 is 4.67. The number of hydrogen-bond donors (Lipinski definition) is 0. The number of fused-ring (bicyclic) bond motifs is 1. The molecule has 0 heterocycles. The molecule has 0 saturated carbocycles. The number of amides is 1. The summed E-state index contributed by atoms with van der Waals surface area (Å²) in [6.07, 6.45) is 4.54. The normalized spacial score (nSPS) is 13.7. The van der Waals surface area contributed by atoms with Gasteiger partial charge in [0, 0.05) is 11.6 Å². The predicted molar refractivity (Wildman–Crippen MR) is 81.3 cm³/mol. The Balaban J connectivity index is 2.22. The van der Waals surface area contributed by atoms with Gasteiger partial charge in [-0.25, -0.2) is 0 Å². The smallest absolute Gasteiger partial charge is 0.325 e. The fraction of sp³-hybridized carbons (Fsp3) is 0.529. The molecule has 1 aliphatic carbocycles. The van der Waals surface area contributed by atoms with Gasteiger partial charge in [-0.2, -0.15) is 0 Å². The third-order valence-corrected chi connectivity index (χ3v) is 4.01. The lowest BCUT2D eigenvalue weighted by atomic mass is 9.90. The Morgan fingerprint density at radius 1 is 1.19 bits per heavy atom. The van der Waals surface area contributed by atoms with Crippen molar-refractivity contribution in [2.75, 3.05) is 13.7 Å². The van der Waals surface area contributed by atoms with Gasteiger partial charge in [0.1, 0.15) is 6.54 Å². The molecule has 0 atom stereocenters. The number of aryl methyl sites for hydroxylation is 2. The predicted octanol–water partition coefficient (Wildman–Crippen LogP) is 2.59. The molecule has 1 amide bonds. The van der Waals surface area contributed by atoms with Gasteiger partial charge in [-0.15, -0.1) is 0 Å². The molecule has 0 spiro atoms. The third-order valence-electron chi connectivity index (χ3n) is 4.01. The van der Waals surface area contributed by atoms with Crippen LogP contribution in [-0.2, 0) is 22.4 Å². The summed E-state index contributed by atoms with van der Waals surface area (Å²) >= 11 is 0. The topological polar surface area (TPSA) is 46.6 Å². The first-order chi connectivity index (χ1) is 10.0. The van der Waals surface area contributed by atoms with Gasteiger partial charge in [-0.3, -0.25) is 9.59 Å². The Kier molecular flexibility index (Phi) is 4.99. The van der Waals surface area contributed by atoms with Gasteiger partial charge in [0.2, 0.25) is 0 Å².